The molecule has 22 heavy (non-hydrogen) atoms. The van der Waals surface area contributed by atoms with Gasteiger partial charge in [-0.25, -0.2) is 9.36 Å². The molecule has 1 aromatic rings. The first-order valence-electron chi connectivity index (χ1n) is 8.86. The lowest BCUT2D eigenvalue weighted by Crippen LogP contribution is -2.26. The Bertz CT molecular complexity index is 400. The Hall–Kier alpha value is -1.38. The monoisotopic (exact) mass is 306 g/mol. The number of carbonyl (C=O) groups is 1. The van der Waals surface area contributed by atoms with E-state index >= 15 is 0 Å². The Balaban J connectivity index is 1.93. The second-order valence-corrected chi connectivity index (χ2v) is 6.07. The van der Waals surface area contributed by atoms with E-state index in [4.69, 9.17) is 4.74 Å². The lowest BCUT2D eigenvalue weighted by Gasteiger charge is -2.04. The molecule has 0 spiro atoms. The second-order valence-electron chi connectivity index (χ2n) is 6.07. The number of aromatic nitrogens is 1. The summed E-state index contributed by atoms with van der Waals surface area (Å²) in [6, 6.07) is 3.59. The molecule has 124 valence electrons. The molecule has 0 saturated heterocycles. The van der Waals surface area contributed by atoms with E-state index < -0.39 is 0 Å². The molecule has 0 aliphatic heterocycles. The summed E-state index contributed by atoms with van der Waals surface area (Å²) in [5.74, 6) is -0.212. The summed E-state index contributed by atoms with van der Waals surface area (Å²) in [7, 11) is 1.93. The zero-order valence-electron chi connectivity index (χ0n) is 14.4. The van der Waals surface area contributed by atoms with Gasteiger partial charge < -0.3 is 4.74 Å². The van der Waals surface area contributed by atoms with E-state index in [1.165, 1.54) is 51.4 Å². The topological polar surface area (TPSA) is 30.2 Å². The molecular formula is C19H32NO2+. The molecule has 0 radical (unpaired) electrons. The van der Waals surface area contributed by atoms with Crippen molar-refractivity contribution in [2.24, 2.45) is 7.05 Å². The minimum atomic E-state index is -0.212. The van der Waals surface area contributed by atoms with Gasteiger partial charge in [0.05, 0.1) is 12.2 Å². The fraction of sp³-hybridized carbons (Fsp3) is 0.684. The molecule has 3 nitrogen and oxygen atoms in total. The van der Waals surface area contributed by atoms with Gasteiger partial charge >= 0.3 is 5.97 Å². The summed E-state index contributed by atoms with van der Waals surface area (Å²) in [5.41, 5.74) is 0.630. The molecule has 0 N–H and O–H groups in total. The van der Waals surface area contributed by atoms with E-state index in [0.29, 0.717) is 12.2 Å². The Labute approximate surface area is 135 Å². The average molecular weight is 306 g/mol. The lowest BCUT2D eigenvalue weighted by molar-refractivity contribution is -0.671. The van der Waals surface area contributed by atoms with Crippen LogP contribution in [0.15, 0.2) is 24.5 Å². The number of aryl methyl sites for hydroxylation is 1. The van der Waals surface area contributed by atoms with Gasteiger partial charge in [-0.1, -0.05) is 64.7 Å². The highest BCUT2D eigenvalue weighted by molar-refractivity contribution is 5.88. The van der Waals surface area contributed by atoms with Crippen LogP contribution in [0.1, 0.15) is 81.5 Å². The first-order valence-corrected chi connectivity index (χ1v) is 8.86. The number of nitrogens with zero attached hydrogens (tertiary/aromatic N) is 1. The molecule has 1 heterocycles. The van der Waals surface area contributed by atoms with Crippen molar-refractivity contribution >= 4 is 5.97 Å². The number of pyridine rings is 1. The first kappa shape index (κ1) is 18.7. The van der Waals surface area contributed by atoms with Gasteiger partial charge in [-0.15, -0.1) is 0 Å². The molecule has 0 saturated carbocycles. The number of esters is 1. The maximum atomic E-state index is 11.8. The molecule has 0 atom stereocenters. The molecule has 3 heteroatoms. The highest BCUT2D eigenvalue weighted by Crippen LogP contribution is 2.10. The van der Waals surface area contributed by atoms with E-state index in [1.54, 1.807) is 12.1 Å². The SMILES string of the molecule is CCCCCCCCCCCCOC(=O)c1cc[n+](C)cc1. The molecule has 0 aromatic carbocycles. The fourth-order valence-corrected chi connectivity index (χ4v) is 2.47. The van der Waals surface area contributed by atoms with Crippen molar-refractivity contribution in [2.45, 2.75) is 71.1 Å². The molecular weight excluding hydrogens is 274 g/mol. The van der Waals surface area contributed by atoms with Gasteiger partial charge in [0.15, 0.2) is 12.4 Å². The number of carbonyl (C=O) groups excluding carboxylic acids is 1. The average Bonchev–Trinajstić information content (AvgIpc) is 2.53. The summed E-state index contributed by atoms with van der Waals surface area (Å²) in [6.07, 6.45) is 16.6. The van der Waals surface area contributed by atoms with Crippen LogP contribution in [-0.2, 0) is 11.8 Å². The van der Waals surface area contributed by atoms with Crippen LogP contribution in [0.3, 0.4) is 0 Å². The highest BCUT2D eigenvalue weighted by Gasteiger charge is 2.07. The highest BCUT2D eigenvalue weighted by atomic mass is 16.5. The number of unbranched alkanes of at least 4 members (excludes halogenated alkanes) is 9. The molecule has 0 aliphatic carbocycles. The van der Waals surface area contributed by atoms with Crippen molar-refractivity contribution in [2.75, 3.05) is 6.61 Å². The summed E-state index contributed by atoms with van der Waals surface area (Å²) in [6.45, 7) is 2.79. The van der Waals surface area contributed by atoms with Gasteiger partial charge in [-0.3, -0.25) is 0 Å². The minimum absolute atomic E-state index is 0.212. The summed E-state index contributed by atoms with van der Waals surface area (Å²) >= 11 is 0. The van der Waals surface area contributed by atoms with E-state index in [0.717, 1.165) is 12.8 Å². The van der Waals surface area contributed by atoms with Crippen LogP contribution in [0.5, 0.6) is 0 Å². The Kier molecular flexibility index (Phi) is 10.3. The predicted octanol–water partition coefficient (Wildman–Crippen LogP) is 4.59. The third-order valence-corrected chi connectivity index (χ3v) is 3.95. The number of ether oxygens (including phenoxy) is 1. The number of hydrogen-bond acceptors (Lipinski definition) is 2. The van der Waals surface area contributed by atoms with Gasteiger partial charge in [0.1, 0.15) is 7.05 Å². The van der Waals surface area contributed by atoms with Crippen molar-refractivity contribution in [1.29, 1.82) is 0 Å². The van der Waals surface area contributed by atoms with Crippen molar-refractivity contribution in [3.63, 3.8) is 0 Å². The third-order valence-electron chi connectivity index (χ3n) is 3.95. The van der Waals surface area contributed by atoms with Crippen LogP contribution in [0, 0.1) is 0 Å². The predicted molar refractivity (Wildman–Crippen MR) is 89.7 cm³/mol. The van der Waals surface area contributed by atoms with Gasteiger partial charge in [0.25, 0.3) is 0 Å². The molecule has 1 aromatic heterocycles. The second kappa shape index (κ2) is 12.2. The van der Waals surface area contributed by atoms with Crippen molar-refractivity contribution in [3.8, 4) is 0 Å². The van der Waals surface area contributed by atoms with Crippen LogP contribution < -0.4 is 4.57 Å². The molecule has 0 aliphatic rings. The largest absolute Gasteiger partial charge is 0.462 e. The maximum Gasteiger partial charge on any atom is 0.338 e. The Morgan fingerprint density at radius 3 is 1.95 bits per heavy atom. The van der Waals surface area contributed by atoms with E-state index in [9.17, 15) is 4.79 Å². The van der Waals surface area contributed by atoms with E-state index in [2.05, 4.69) is 6.92 Å². The quantitative estimate of drug-likeness (QED) is 0.321. The fourth-order valence-electron chi connectivity index (χ4n) is 2.47. The van der Waals surface area contributed by atoms with Crippen molar-refractivity contribution < 1.29 is 14.1 Å². The lowest BCUT2D eigenvalue weighted by atomic mass is 10.1. The van der Waals surface area contributed by atoms with Crippen molar-refractivity contribution in [1.82, 2.24) is 0 Å². The molecule has 1 rings (SSSR count). The van der Waals surface area contributed by atoms with Gasteiger partial charge in [-0.2, -0.15) is 0 Å². The van der Waals surface area contributed by atoms with Crippen molar-refractivity contribution in [3.05, 3.63) is 30.1 Å². The van der Waals surface area contributed by atoms with Gasteiger partial charge in [-0.05, 0) is 6.42 Å². The standard InChI is InChI=1S/C19H32NO2/c1-3-4-5-6-7-8-9-10-11-12-17-22-19(21)18-13-15-20(2)16-14-18/h13-16H,3-12,17H2,1-2H3/q+1. The smallest absolute Gasteiger partial charge is 0.338 e. The van der Waals surface area contributed by atoms with Gasteiger partial charge in [0.2, 0.25) is 0 Å². The molecule has 0 bridgehead atoms. The van der Waals surface area contributed by atoms with Crippen LogP contribution >= 0.6 is 0 Å². The first-order chi connectivity index (χ1) is 10.7. The number of rotatable bonds is 12. The summed E-state index contributed by atoms with van der Waals surface area (Å²) in [4.78, 5) is 11.8. The van der Waals surface area contributed by atoms with E-state index in [-0.39, 0.29) is 5.97 Å². The van der Waals surface area contributed by atoms with Crippen LogP contribution in [0.25, 0.3) is 0 Å². The van der Waals surface area contributed by atoms with Crippen LogP contribution in [0.2, 0.25) is 0 Å². The summed E-state index contributed by atoms with van der Waals surface area (Å²) in [5, 5.41) is 0. The van der Waals surface area contributed by atoms with E-state index in [1.807, 2.05) is 24.0 Å². The molecule has 0 amide bonds. The third kappa shape index (κ3) is 8.81. The van der Waals surface area contributed by atoms with Gasteiger partial charge in [0, 0.05) is 12.1 Å². The Morgan fingerprint density at radius 2 is 1.41 bits per heavy atom. The normalized spacial score (nSPS) is 10.6. The van der Waals surface area contributed by atoms with Crippen LogP contribution in [0.4, 0.5) is 0 Å². The molecule has 0 unspecified atom stereocenters. The summed E-state index contributed by atoms with van der Waals surface area (Å²) < 4.78 is 7.19. The minimum Gasteiger partial charge on any atom is -0.462 e. The number of hydrogen-bond donors (Lipinski definition) is 0. The van der Waals surface area contributed by atoms with Crippen LogP contribution in [-0.4, -0.2) is 12.6 Å². The molecule has 0 fully saturated rings. The Morgan fingerprint density at radius 1 is 0.909 bits per heavy atom. The maximum absolute atomic E-state index is 11.8. The zero-order chi connectivity index (χ0) is 16.0. The zero-order valence-corrected chi connectivity index (χ0v) is 14.4.